The molecule has 0 saturated carbocycles. The minimum Gasteiger partial charge on any atom is -0.478 e. The summed E-state index contributed by atoms with van der Waals surface area (Å²) in [7, 11) is -3.81. The summed E-state index contributed by atoms with van der Waals surface area (Å²) in [6.07, 6.45) is 5.07. The highest BCUT2D eigenvalue weighted by Gasteiger charge is 2.19. The molecule has 1 aromatic carbocycles. The Balaban J connectivity index is 3.16. The second-order valence-electron chi connectivity index (χ2n) is 3.46. The van der Waals surface area contributed by atoms with Gasteiger partial charge in [0.1, 0.15) is 0 Å². The predicted octanol–water partition coefficient (Wildman–Crippen LogP) is 1.34. The predicted molar refractivity (Wildman–Crippen MR) is 67.0 cm³/mol. The lowest BCUT2D eigenvalue weighted by Crippen LogP contribution is -2.31. The first-order chi connectivity index (χ1) is 8.27. The van der Waals surface area contributed by atoms with Crippen molar-refractivity contribution < 1.29 is 18.3 Å². The Labute approximate surface area is 110 Å². The van der Waals surface area contributed by atoms with Gasteiger partial charge in [0.2, 0.25) is 10.0 Å². The SMILES string of the molecule is C#CC(C)NS(=O)(=O)c1ccc(C(=O)O)c(Cl)c1. The summed E-state index contributed by atoms with van der Waals surface area (Å²) in [6, 6.07) is 2.67. The molecule has 0 heterocycles. The van der Waals surface area contributed by atoms with Crippen LogP contribution in [0.5, 0.6) is 0 Å². The summed E-state index contributed by atoms with van der Waals surface area (Å²) >= 11 is 5.69. The first-order valence-electron chi connectivity index (χ1n) is 4.79. The van der Waals surface area contributed by atoms with E-state index in [4.69, 9.17) is 23.1 Å². The summed E-state index contributed by atoms with van der Waals surface area (Å²) in [4.78, 5) is 10.6. The molecule has 1 rings (SSSR count). The highest BCUT2D eigenvalue weighted by Crippen LogP contribution is 2.21. The van der Waals surface area contributed by atoms with Gasteiger partial charge in [0.05, 0.1) is 21.5 Å². The normalized spacial score (nSPS) is 12.7. The smallest absolute Gasteiger partial charge is 0.337 e. The number of carboxylic acids is 1. The van der Waals surface area contributed by atoms with Crippen molar-refractivity contribution in [3.05, 3.63) is 28.8 Å². The first-order valence-corrected chi connectivity index (χ1v) is 6.65. The van der Waals surface area contributed by atoms with Crippen LogP contribution in [-0.2, 0) is 10.0 Å². The lowest BCUT2D eigenvalue weighted by atomic mass is 10.2. The Bertz CT molecular complexity index is 618. The van der Waals surface area contributed by atoms with Gasteiger partial charge in [-0.25, -0.2) is 13.2 Å². The van der Waals surface area contributed by atoms with Gasteiger partial charge in [0, 0.05) is 0 Å². The maximum atomic E-state index is 11.8. The van der Waals surface area contributed by atoms with Gasteiger partial charge in [0.15, 0.2) is 0 Å². The second-order valence-corrected chi connectivity index (χ2v) is 5.58. The Kier molecular flexibility index (Phi) is 4.35. The molecule has 0 saturated heterocycles. The van der Waals surface area contributed by atoms with Crippen LogP contribution < -0.4 is 4.72 Å². The van der Waals surface area contributed by atoms with E-state index in [1.165, 1.54) is 6.92 Å². The van der Waals surface area contributed by atoms with Crippen LogP contribution in [0.25, 0.3) is 0 Å². The Morgan fingerprint density at radius 2 is 2.17 bits per heavy atom. The zero-order valence-electron chi connectivity index (χ0n) is 9.34. The average molecular weight is 288 g/mol. The topological polar surface area (TPSA) is 83.5 Å². The number of halogens is 1. The van der Waals surface area contributed by atoms with Crippen LogP contribution >= 0.6 is 11.6 Å². The van der Waals surface area contributed by atoms with Crippen molar-refractivity contribution in [3.63, 3.8) is 0 Å². The number of carboxylic acid groups (broad SMARTS) is 1. The fourth-order valence-corrected chi connectivity index (χ4v) is 2.69. The molecule has 96 valence electrons. The molecular weight excluding hydrogens is 278 g/mol. The molecule has 5 nitrogen and oxygen atoms in total. The van der Waals surface area contributed by atoms with Crippen LogP contribution in [-0.4, -0.2) is 25.5 Å². The first kappa shape index (κ1) is 14.5. The van der Waals surface area contributed by atoms with E-state index in [9.17, 15) is 13.2 Å². The van der Waals surface area contributed by atoms with E-state index in [0.29, 0.717) is 0 Å². The zero-order chi connectivity index (χ0) is 13.9. The molecular formula is C11H10ClNO4S. The molecule has 1 unspecified atom stereocenters. The third kappa shape index (κ3) is 3.23. The van der Waals surface area contributed by atoms with E-state index in [2.05, 4.69) is 10.6 Å². The molecule has 0 spiro atoms. The Morgan fingerprint density at radius 1 is 1.56 bits per heavy atom. The standard InChI is InChI=1S/C11H10ClNO4S/c1-3-7(2)13-18(16,17)8-4-5-9(11(14)15)10(12)6-8/h1,4-7,13H,2H3,(H,14,15). The fourth-order valence-electron chi connectivity index (χ4n) is 1.17. The van der Waals surface area contributed by atoms with Crippen molar-refractivity contribution in [2.75, 3.05) is 0 Å². The number of rotatable bonds is 4. The molecule has 18 heavy (non-hydrogen) atoms. The molecule has 0 aromatic heterocycles. The molecule has 0 aliphatic carbocycles. The maximum absolute atomic E-state index is 11.8. The largest absolute Gasteiger partial charge is 0.478 e. The summed E-state index contributed by atoms with van der Waals surface area (Å²) in [5.41, 5.74) is -0.166. The van der Waals surface area contributed by atoms with Crippen LogP contribution in [0.2, 0.25) is 5.02 Å². The van der Waals surface area contributed by atoms with Crippen molar-refractivity contribution in [1.29, 1.82) is 0 Å². The van der Waals surface area contributed by atoms with Crippen molar-refractivity contribution in [2.24, 2.45) is 0 Å². The molecule has 1 atom stereocenters. The molecule has 1 aromatic rings. The third-order valence-corrected chi connectivity index (χ3v) is 3.91. The number of carbonyl (C=O) groups is 1. The highest BCUT2D eigenvalue weighted by atomic mass is 35.5. The lowest BCUT2D eigenvalue weighted by Gasteiger charge is -2.09. The van der Waals surface area contributed by atoms with Gasteiger partial charge < -0.3 is 5.11 Å². The molecule has 0 amide bonds. The second kappa shape index (κ2) is 5.40. The van der Waals surface area contributed by atoms with Gasteiger partial charge >= 0.3 is 5.97 Å². The maximum Gasteiger partial charge on any atom is 0.337 e. The van der Waals surface area contributed by atoms with Crippen molar-refractivity contribution >= 4 is 27.6 Å². The summed E-state index contributed by atoms with van der Waals surface area (Å²) < 4.78 is 25.9. The molecule has 0 aliphatic heterocycles. The molecule has 0 radical (unpaired) electrons. The summed E-state index contributed by atoms with van der Waals surface area (Å²) in [6.45, 7) is 1.50. The number of aromatic carboxylic acids is 1. The lowest BCUT2D eigenvalue weighted by molar-refractivity contribution is 0.0697. The Morgan fingerprint density at radius 3 is 2.61 bits per heavy atom. The van der Waals surface area contributed by atoms with Gasteiger partial charge in [-0.05, 0) is 25.1 Å². The molecule has 7 heteroatoms. The van der Waals surface area contributed by atoms with Gasteiger partial charge in [-0.3, -0.25) is 0 Å². The van der Waals surface area contributed by atoms with Crippen LogP contribution in [0.1, 0.15) is 17.3 Å². The number of sulfonamides is 1. The van der Waals surface area contributed by atoms with Gasteiger partial charge in [-0.2, -0.15) is 4.72 Å². The van der Waals surface area contributed by atoms with Crippen LogP contribution in [0.4, 0.5) is 0 Å². The summed E-state index contributed by atoms with van der Waals surface area (Å²) in [5.74, 6) is 0.990. The molecule has 0 bridgehead atoms. The molecule has 0 fully saturated rings. The van der Waals surface area contributed by atoms with Crippen molar-refractivity contribution in [2.45, 2.75) is 17.9 Å². The quantitative estimate of drug-likeness (QED) is 0.819. The van der Waals surface area contributed by atoms with E-state index < -0.39 is 22.0 Å². The van der Waals surface area contributed by atoms with Crippen molar-refractivity contribution in [3.8, 4) is 12.3 Å². The van der Waals surface area contributed by atoms with E-state index in [1.807, 2.05) is 0 Å². The number of hydrogen-bond donors (Lipinski definition) is 2. The van der Waals surface area contributed by atoms with E-state index >= 15 is 0 Å². The highest BCUT2D eigenvalue weighted by molar-refractivity contribution is 7.89. The van der Waals surface area contributed by atoms with E-state index in [-0.39, 0.29) is 15.5 Å². The van der Waals surface area contributed by atoms with E-state index in [0.717, 1.165) is 18.2 Å². The Hall–Kier alpha value is -1.55. The number of benzene rings is 1. The van der Waals surface area contributed by atoms with Gasteiger partial charge in [-0.1, -0.05) is 17.5 Å². The van der Waals surface area contributed by atoms with Crippen LogP contribution in [0, 0.1) is 12.3 Å². The molecule has 0 aliphatic rings. The minimum absolute atomic E-state index is 0.139. The molecule has 2 N–H and O–H groups in total. The van der Waals surface area contributed by atoms with Gasteiger partial charge in [0.25, 0.3) is 0 Å². The number of hydrogen-bond acceptors (Lipinski definition) is 3. The average Bonchev–Trinajstić information content (AvgIpc) is 2.27. The monoisotopic (exact) mass is 287 g/mol. The van der Waals surface area contributed by atoms with Crippen LogP contribution in [0.15, 0.2) is 23.1 Å². The third-order valence-electron chi connectivity index (χ3n) is 2.06. The number of terminal acetylenes is 1. The van der Waals surface area contributed by atoms with Crippen LogP contribution in [0.3, 0.4) is 0 Å². The van der Waals surface area contributed by atoms with Crippen molar-refractivity contribution in [1.82, 2.24) is 4.72 Å². The van der Waals surface area contributed by atoms with Gasteiger partial charge in [-0.15, -0.1) is 6.42 Å². The zero-order valence-corrected chi connectivity index (χ0v) is 10.9. The number of nitrogens with one attached hydrogen (secondary N) is 1. The minimum atomic E-state index is -3.81. The fraction of sp³-hybridized carbons (Fsp3) is 0.182. The van der Waals surface area contributed by atoms with E-state index in [1.54, 1.807) is 0 Å². The summed E-state index contributed by atoms with van der Waals surface area (Å²) in [5, 5.41) is 8.61.